The van der Waals surface area contributed by atoms with Gasteiger partial charge in [-0.3, -0.25) is 0 Å². The maximum absolute atomic E-state index is 4.60. The largest absolute Gasteiger partial charge is 0.353 e. The zero-order valence-electron chi connectivity index (χ0n) is 11.5. The molecule has 0 bridgehead atoms. The zero-order chi connectivity index (χ0) is 12.4. The average Bonchev–Trinajstić information content (AvgIpc) is 2.41. The quantitative estimate of drug-likeness (QED) is 0.847. The molecule has 3 heteroatoms. The van der Waals surface area contributed by atoms with Gasteiger partial charge in [0, 0.05) is 18.8 Å². The smallest absolute Gasteiger partial charge is 0.203 e. The molecule has 1 aliphatic carbocycles. The first-order chi connectivity index (χ1) is 8.06. The summed E-state index contributed by atoms with van der Waals surface area (Å²) in [7, 11) is 0. The van der Waals surface area contributed by atoms with E-state index in [1.807, 2.05) is 0 Å². The SMILES string of the molecule is Cc1cn(CC(C)C)c(NC(C)C2CCC2)n1. The van der Waals surface area contributed by atoms with Crippen molar-refractivity contribution >= 4 is 5.95 Å². The van der Waals surface area contributed by atoms with Gasteiger partial charge in [-0.05, 0) is 38.5 Å². The fourth-order valence-electron chi connectivity index (χ4n) is 2.46. The molecule has 1 aliphatic rings. The number of aryl methyl sites for hydroxylation is 1. The van der Waals surface area contributed by atoms with Crippen LogP contribution in [-0.4, -0.2) is 15.6 Å². The number of hydrogen-bond donors (Lipinski definition) is 1. The highest BCUT2D eigenvalue weighted by Gasteiger charge is 2.24. The summed E-state index contributed by atoms with van der Waals surface area (Å²) in [5, 5.41) is 3.59. The lowest BCUT2D eigenvalue weighted by molar-refractivity contribution is 0.284. The van der Waals surface area contributed by atoms with Crippen molar-refractivity contribution in [3.63, 3.8) is 0 Å². The van der Waals surface area contributed by atoms with Crippen LogP contribution in [0.2, 0.25) is 0 Å². The molecule has 96 valence electrons. The zero-order valence-corrected chi connectivity index (χ0v) is 11.5. The molecule has 0 saturated heterocycles. The number of imidazole rings is 1. The van der Waals surface area contributed by atoms with Crippen molar-refractivity contribution in [2.45, 2.75) is 59.5 Å². The fraction of sp³-hybridized carbons (Fsp3) is 0.786. The van der Waals surface area contributed by atoms with Crippen LogP contribution < -0.4 is 5.32 Å². The number of nitrogens with one attached hydrogen (secondary N) is 1. The Balaban J connectivity index is 2.02. The average molecular weight is 235 g/mol. The lowest BCUT2D eigenvalue weighted by atomic mass is 9.80. The molecule has 2 rings (SSSR count). The summed E-state index contributed by atoms with van der Waals surface area (Å²) in [5.74, 6) is 2.55. The van der Waals surface area contributed by atoms with E-state index in [0.717, 1.165) is 24.1 Å². The van der Waals surface area contributed by atoms with Crippen LogP contribution in [0.5, 0.6) is 0 Å². The Morgan fingerprint density at radius 3 is 2.65 bits per heavy atom. The third-order valence-corrected chi connectivity index (χ3v) is 3.67. The van der Waals surface area contributed by atoms with Gasteiger partial charge in [0.25, 0.3) is 0 Å². The molecule has 17 heavy (non-hydrogen) atoms. The summed E-state index contributed by atoms with van der Waals surface area (Å²) >= 11 is 0. The van der Waals surface area contributed by atoms with E-state index in [0.29, 0.717) is 12.0 Å². The first-order valence-electron chi connectivity index (χ1n) is 6.86. The Bertz CT molecular complexity index is 364. The van der Waals surface area contributed by atoms with Crippen LogP contribution >= 0.6 is 0 Å². The maximum atomic E-state index is 4.60. The van der Waals surface area contributed by atoms with E-state index < -0.39 is 0 Å². The van der Waals surface area contributed by atoms with E-state index >= 15 is 0 Å². The molecule has 0 aliphatic heterocycles. The van der Waals surface area contributed by atoms with E-state index in [9.17, 15) is 0 Å². The van der Waals surface area contributed by atoms with Crippen molar-refractivity contribution in [1.29, 1.82) is 0 Å². The van der Waals surface area contributed by atoms with E-state index in [1.54, 1.807) is 0 Å². The molecule has 0 amide bonds. The number of aromatic nitrogens is 2. The molecule has 1 fully saturated rings. The van der Waals surface area contributed by atoms with Gasteiger partial charge in [0.1, 0.15) is 0 Å². The molecule has 0 aromatic carbocycles. The van der Waals surface area contributed by atoms with Crippen molar-refractivity contribution in [3.05, 3.63) is 11.9 Å². The molecule has 1 aromatic rings. The van der Waals surface area contributed by atoms with E-state index in [-0.39, 0.29) is 0 Å². The van der Waals surface area contributed by atoms with Crippen LogP contribution in [0.25, 0.3) is 0 Å². The number of hydrogen-bond acceptors (Lipinski definition) is 2. The van der Waals surface area contributed by atoms with Gasteiger partial charge in [0.2, 0.25) is 5.95 Å². The van der Waals surface area contributed by atoms with Gasteiger partial charge in [-0.1, -0.05) is 20.3 Å². The van der Waals surface area contributed by atoms with Gasteiger partial charge in [-0.25, -0.2) is 4.98 Å². The predicted octanol–water partition coefficient (Wildman–Crippen LogP) is 3.45. The summed E-state index contributed by atoms with van der Waals surface area (Å²) in [6.45, 7) is 9.88. The minimum absolute atomic E-state index is 0.552. The monoisotopic (exact) mass is 235 g/mol. The van der Waals surface area contributed by atoms with Crippen molar-refractivity contribution in [3.8, 4) is 0 Å². The Labute approximate surface area is 105 Å². The first kappa shape index (κ1) is 12.5. The highest BCUT2D eigenvalue weighted by Crippen LogP contribution is 2.30. The first-order valence-corrected chi connectivity index (χ1v) is 6.86. The van der Waals surface area contributed by atoms with Crippen LogP contribution in [-0.2, 0) is 6.54 Å². The van der Waals surface area contributed by atoms with Crippen molar-refractivity contribution in [2.24, 2.45) is 11.8 Å². The minimum Gasteiger partial charge on any atom is -0.353 e. The molecule has 1 saturated carbocycles. The van der Waals surface area contributed by atoms with Gasteiger partial charge in [-0.2, -0.15) is 0 Å². The summed E-state index contributed by atoms with van der Waals surface area (Å²) < 4.78 is 2.26. The molecule has 3 nitrogen and oxygen atoms in total. The Hall–Kier alpha value is -0.990. The Morgan fingerprint density at radius 1 is 1.41 bits per heavy atom. The van der Waals surface area contributed by atoms with E-state index in [1.165, 1.54) is 19.3 Å². The third-order valence-electron chi connectivity index (χ3n) is 3.67. The Morgan fingerprint density at radius 2 is 2.12 bits per heavy atom. The van der Waals surface area contributed by atoms with Gasteiger partial charge >= 0.3 is 0 Å². The van der Waals surface area contributed by atoms with Crippen molar-refractivity contribution in [2.75, 3.05) is 5.32 Å². The lowest BCUT2D eigenvalue weighted by Crippen LogP contribution is -2.32. The topological polar surface area (TPSA) is 29.9 Å². The van der Waals surface area contributed by atoms with Gasteiger partial charge in [0.15, 0.2) is 0 Å². The number of nitrogens with zero attached hydrogens (tertiary/aromatic N) is 2. The predicted molar refractivity (Wildman–Crippen MR) is 72.2 cm³/mol. The highest BCUT2D eigenvalue weighted by atomic mass is 15.2. The molecular weight excluding hydrogens is 210 g/mol. The minimum atomic E-state index is 0.552. The van der Waals surface area contributed by atoms with E-state index in [2.05, 4.69) is 48.8 Å². The summed E-state index contributed by atoms with van der Waals surface area (Å²) in [4.78, 5) is 4.60. The third kappa shape index (κ3) is 3.02. The number of anilines is 1. The molecule has 1 heterocycles. The van der Waals surface area contributed by atoms with Gasteiger partial charge in [0.05, 0.1) is 5.69 Å². The van der Waals surface area contributed by atoms with Crippen LogP contribution in [0.1, 0.15) is 45.7 Å². The Kier molecular flexibility index (Phi) is 3.75. The number of rotatable bonds is 5. The molecule has 0 spiro atoms. The van der Waals surface area contributed by atoms with Crippen molar-refractivity contribution < 1.29 is 0 Å². The lowest BCUT2D eigenvalue weighted by Gasteiger charge is -2.32. The maximum Gasteiger partial charge on any atom is 0.203 e. The highest BCUT2D eigenvalue weighted by molar-refractivity contribution is 5.30. The summed E-state index contributed by atoms with van der Waals surface area (Å²) in [5.41, 5.74) is 1.11. The van der Waals surface area contributed by atoms with Crippen LogP contribution in [0.4, 0.5) is 5.95 Å². The standard InChI is InChI=1S/C14H25N3/c1-10(2)8-17-9-11(3)15-14(17)16-12(4)13-6-5-7-13/h9-10,12-13H,5-8H2,1-4H3,(H,15,16). The molecule has 1 aromatic heterocycles. The van der Waals surface area contributed by atoms with E-state index in [4.69, 9.17) is 0 Å². The summed E-state index contributed by atoms with van der Waals surface area (Å²) in [6, 6.07) is 0.552. The summed E-state index contributed by atoms with van der Waals surface area (Å²) in [6.07, 6.45) is 6.29. The normalized spacial score (nSPS) is 18.2. The van der Waals surface area contributed by atoms with Crippen LogP contribution in [0, 0.1) is 18.8 Å². The van der Waals surface area contributed by atoms with Gasteiger partial charge < -0.3 is 9.88 Å². The molecule has 1 atom stereocenters. The van der Waals surface area contributed by atoms with Crippen LogP contribution in [0.3, 0.4) is 0 Å². The second kappa shape index (κ2) is 5.11. The second-order valence-corrected chi connectivity index (χ2v) is 5.88. The fourth-order valence-corrected chi connectivity index (χ4v) is 2.46. The molecule has 1 N–H and O–H groups in total. The molecular formula is C14H25N3. The van der Waals surface area contributed by atoms with Crippen LogP contribution in [0.15, 0.2) is 6.20 Å². The molecule has 0 radical (unpaired) electrons. The van der Waals surface area contributed by atoms with Crippen molar-refractivity contribution in [1.82, 2.24) is 9.55 Å². The van der Waals surface area contributed by atoms with Gasteiger partial charge in [-0.15, -0.1) is 0 Å². The second-order valence-electron chi connectivity index (χ2n) is 5.88. The molecule has 1 unspecified atom stereocenters.